The number of nitrogens with one attached hydrogen (secondary N) is 1. The Balaban J connectivity index is 1.70. The zero-order valence-electron chi connectivity index (χ0n) is 13.0. The molecule has 0 aliphatic heterocycles. The molecule has 1 aliphatic carbocycles. The monoisotopic (exact) mass is 271 g/mol. The lowest BCUT2D eigenvalue weighted by Crippen LogP contribution is -1.94. The number of unbranched alkanes of at least 4 members (excludes halogenated alkanes) is 5. The molecule has 20 heavy (non-hydrogen) atoms. The maximum Gasteiger partial charge on any atom is 0.00954 e. The van der Waals surface area contributed by atoms with Crippen LogP contribution in [0.4, 0.5) is 0 Å². The van der Waals surface area contributed by atoms with Gasteiger partial charge in [-0.3, -0.25) is 0 Å². The standard InChI is InChI=1S/C19H29N/c1-2-3-4-5-6-7-8-16-9-11-17(12-10-16)18-13-14-19(20)15-18/h9-12,18,20H,2-8,13-15H2,1H3/t18-/m0/s1. The van der Waals surface area contributed by atoms with E-state index >= 15 is 0 Å². The summed E-state index contributed by atoms with van der Waals surface area (Å²) < 4.78 is 0. The van der Waals surface area contributed by atoms with Crippen molar-refractivity contribution in [3.8, 4) is 0 Å². The van der Waals surface area contributed by atoms with Crippen molar-refractivity contribution in [1.82, 2.24) is 0 Å². The van der Waals surface area contributed by atoms with Gasteiger partial charge in [0.1, 0.15) is 0 Å². The third-order valence-corrected chi connectivity index (χ3v) is 4.56. The summed E-state index contributed by atoms with van der Waals surface area (Å²) in [4.78, 5) is 0. The van der Waals surface area contributed by atoms with Crippen molar-refractivity contribution in [3.63, 3.8) is 0 Å². The second kappa shape index (κ2) is 8.24. The Morgan fingerprint density at radius 1 is 1.00 bits per heavy atom. The van der Waals surface area contributed by atoms with Crippen LogP contribution in [0.5, 0.6) is 0 Å². The SMILES string of the molecule is CCCCCCCCc1ccc([C@H]2CCC(=N)C2)cc1. The summed E-state index contributed by atoms with van der Waals surface area (Å²) in [5.41, 5.74) is 3.86. The molecule has 0 spiro atoms. The van der Waals surface area contributed by atoms with Gasteiger partial charge >= 0.3 is 0 Å². The summed E-state index contributed by atoms with van der Waals surface area (Å²) in [5, 5.41) is 7.73. The van der Waals surface area contributed by atoms with Gasteiger partial charge in [-0.05, 0) is 49.1 Å². The minimum atomic E-state index is 0.616. The van der Waals surface area contributed by atoms with Crippen LogP contribution in [0.2, 0.25) is 0 Å². The first-order chi connectivity index (χ1) is 9.79. The van der Waals surface area contributed by atoms with Gasteiger partial charge in [-0.2, -0.15) is 0 Å². The van der Waals surface area contributed by atoms with Gasteiger partial charge in [0.2, 0.25) is 0 Å². The second-order valence-corrected chi connectivity index (χ2v) is 6.30. The summed E-state index contributed by atoms with van der Waals surface area (Å²) in [7, 11) is 0. The molecule has 1 aromatic rings. The van der Waals surface area contributed by atoms with E-state index in [0.29, 0.717) is 5.92 Å². The highest BCUT2D eigenvalue weighted by atomic mass is 14.4. The van der Waals surface area contributed by atoms with E-state index < -0.39 is 0 Å². The van der Waals surface area contributed by atoms with Gasteiger partial charge in [0, 0.05) is 5.71 Å². The molecule has 0 heterocycles. The van der Waals surface area contributed by atoms with Gasteiger partial charge < -0.3 is 5.41 Å². The molecular weight excluding hydrogens is 242 g/mol. The Kier molecular flexibility index (Phi) is 6.29. The number of rotatable bonds is 8. The average molecular weight is 271 g/mol. The van der Waals surface area contributed by atoms with E-state index in [1.807, 2.05) is 0 Å². The molecular formula is C19H29N. The fourth-order valence-electron chi connectivity index (χ4n) is 3.20. The zero-order valence-corrected chi connectivity index (χ0v) is 13.0. The molecule has 1 nitrogen and oxygen atoms in total. The molecule has 1 aliphatic rings. The Morgan fingerprint density at radius 2 is 1.70 bits per heavy atom. The molecule has 0 aromatic heterocycles. The minimum Gasteiger partial charge on any atom is -0.310 e. The van der Waals surface area contributed by atoms with Crippen LogP contribution in [0, 0.1) is 5.41 Å². The maximum absolute atomic E-state index is 7.73. The second-order valence-electron chi connectivity index (χ2n) is 6.30. The lowest BCUT2D eigenvalue weighted by Gasteiger charge is -2.10. The molecule has 0 saturated heterocycles. The normalized spacial score (nSPS) is 18.6. The maximum atomic E-state index is 7.73. The van der Waals surface area contributed by atoms with Crippen LogP contribution in [-0.2, 0) is 6.42 Å². The average Bonchev–Trinajstić information content (AvgIpc) is 2.90. The molecule has 1 N–H and O–H groups in total. The molecule has 1 atom stereocenters. The van der Waals surface area contributed by atoms with Crippen LogP contribution >= 0.6 is 0 Å². The van der Waals surface area contributed by atoms with E-state index in [0.717, 1.165) is 18.6 Å². The minimum absolute atomic E-state index is 0.616. The van der Waals surface area contributed by atoms with Crippen molar-refractivity contribution in [3.05, 3.63) is 35.4 Å². The quantitative estimate of drug-likeness (QED) is 0.571. The first-order valence-electron chi connectivity index (χ1n) is 8.44. The van der Waals surface area contributed by atoms with Crippen LogP contribution in [0.15, 0.2) is 24.3 Å². The predicted molar refractivity (Wildman–Crippen MR) is 87.8 cm³/mol. The molecule has 110 valence electrons. The summed E-state index contributed by atoms with van der Waals surface area (Å²) in [6.45, 7) is 2.27. The van der Waals surface area contributed by atoms with Crippen LogP contribution < -0.4 is 0 Å². The Morgan fingerprint density at radius 3 is 2.35 bits per heavy atom. The summed E-state index contributed by atoms with van der Waals surface area (Å²) in [6.07, 6.45) is 12.6. The number of benzene rings is 1. The topological polar surface area (TPSA) is 23.9 Å². The fourth-order valence-corrected chi connectivity index (χ4v) is 3.20. The van der Waals surface area contributed by atoms with E-state index in [2.05, 4.69) is 31.2 Å². The highest BCUT2D eigenvalue weighted by Gasteiger charge is 2.20. The van der Waals surface area contributed by atoms with E-state index in [1.54, 1.807) is 0 Å². The lowest BCUT2D eigenvalue weighted by molar-refractivity contribution is 0.607. The molecule has 0 bridgehead atoms. The number of hydrogen-bond donors (Lipinski definition) is 1. The largest absolute Gasteiger partial charge is 0.310 e. The fraction of sp³-hybridized carbons (Fsp3) is 0.632. The highest BCUT2D eigenvalue weighted by molar-refractivity contribution is 5.84. The third kappa shape index (κ3) is 4.77. The zero-order chi connectivity index (χ0) is 14.2. The van der Waals surface area contributed by atoms with Crippen LogP contribution in [-0.4, -0.2) is 5.71 Å². The number of aryl methyl sites for hydroxylation is 1. The molecule has 0 radical (unpaired) electrons. The van der Waals surface area contributed by atoms with Crippen molar-refractivity contribution < 1.29 is 0 Å². The third-order valence-electron chi connectivity index (χ3n) is 4.56. The summed E-state index contributed by atoms with van der Waals surface area (Å²) >= 11 is 0. The van der Waals surface area contributed by atoms with Crippen molar-refractivity contribution in [2.24, 2.45) is 0 Å². The molecule has 2 rings (SSSR count). The smallest absolute Gasteiger partial charge is 0.00954 e. The first kappa shape index (κ1) is 15.3. The van der Waals surface area contributed by atoms with Gasteiger partial charge in [0.15, 0.2) is 0 Å². The van der Waals surface area contributed by atoms with Gasteiger partial charge in [0.25, 0.3) is 0 Å². The van der Waals surface area contributed by atoms with Gasteiger partial charge in [0.05, 0.1) is 0 Å². The van der Waals surface area contributed by atoms with E-state index in [-0.39, 0.29) is 0 Å². The Bertz CT molecular complexity index is 404. The lowest BCUT2D eigenvalue weighted by atomic mass is 9.95. The van der Waals surface area contributed by atoms with Crippen molar-refractivity contribution in [2.75, 3.05) is 0 Å². The van der Waals surface area contributed by atoms with Crippen molar-refractivity contribution >= 4 is 5.71 Å². The van der Waals surface area contributed by atoms with Crippen molar-refractivity contribution in [2.45, 2.75) is 77.0 Å². The van der Waals surface area contributed by atoms with Crippen LogP contribution in [0.25, 0.3) is 0 Å². The predicted octanol–water partition coefficient (Wildman–Crippen LogP) is 5.88. The first-order valence-corrected chi connectivity index (χ1v) is 8.44. The van der Waals surface area contributed by atoms with Gasteiger partial charge in [-0.15, -0.1) is 0 Å². The molecule has 1 aromatic carbocycles. The molecule has 1 heteroatoms. The van der Waals surface area contributed by atoms with Gasteiger partial charge in [-0.25, -0.2) is 0 Å². The van der Waals surface area contributed by atoms with E-state index in [4.69, 9.17) is 5.41 Å². The highest BCUT2D eigenvalue weighted by Crippen LogP contribution is 2.32. The molecule has 0 amide bonds. The van der Waals surface area contributed by atoms with E-state index in [1.165, 1.54) is 62.5 Å². The van der Waals surface area contributed by atoms with Gasteiger partial charge in [-0.1, -0.05) is 63.3 Å². The van der Waals surface area contributed by atoms with E-state index in [9.17, 15) is 0 Å². The molecule has 1 saturated carbocycles. The van der Waals surface area contributed by atoms with Crippen molar-refractivity contribution in [1.29, 1.82) is 5.41 Å². The summed E-state index contributed by atoms with van der Waals surface area (Å²) in [5.74, 6) is 0.616. The Labute approximate surface area is 124 Å². The van der Waals surface area contributed by atoms with Crippen LogP contribution in [0.3, 0.4) is 0 Å². The summed E-state index contributed by atoms with van der Waals surface area (Å²) in [6, 6.07) is 9.22. The Hall–Kier alpha value is -1.11. The molecule has 0 unspecified atom stereocenters. The van der Waals surface area contributed by atoms with Crippen LogP contribution in [0.1, 0.15) is 81.8 Å². The number of hydrogen-bond acceptors (Lipinski definition) is 1. The molecule has 1 fully saturated rings.